The highest BCUT2D eigenvalue weighted by atomic mass is 16.4. The molecule has 47 heavy (non-hydrogen) atoms. The third kappa shape index (κ3) is 13.9. The number of Topliss-reactive ketones (excluding diaryl/α,β-unsaturated/α-hetero) is 1. The van der Waals surface area contributed by atoms with Crippen LogP contribution < -0.4 is 5.32 Å². The number of hydrogen-bond acceptors (Lipinski definition) is 6. The highest BCUT2D eigenvalue weighted by Gasteiger charge is 2.49. The van der Waals surface area contributed by atoms with Gasteiger partial charge in [0.05, 0.1) is 12.3 Å². The van der Waals surface area contributed by atoms with E-state index in [2.05, 4.69) is 12.2 Å². The molecule has 0 bridgehead atoms. The van der Waals surface area contributed by atoms with Crippen LogP contribution in [0, 0.1) is 5.92 Å². The summed E-state index contributed by atoms with van der Waals surface area (Å²) in [5.41, 5.74) is -0.560. The topological polar surface area (TPSA) is 178 Å². The van der Waals surface area contributed by atoms with Gasteiger partial charge in [0.2, 0.25) is 5.91 Å². The van der Waals surface area contributed by atoms with Crippen LogP contribution in [0.2, 0.25) is 0 Å². The third-order valence-corrected chi connectivity index (χ3v) is 8.17. The zero-order valence-corrected chi connectivity index (χ0v) is 27.2. The van der Waals surface area contributed by atoms with Gasteiger partial charge in [-0.1, -0.05) is 112 Å². The molecule has 2 aromatic carbocycles. The summed E-state index contributed by atoms with van der Waals surface area (Å²) in [6.07, 6.45) is 11.5. The van der Waals surface area contributed by atoms with E-state index in [0.29, 0.717) is 37.7 Å². The Bertz CT molecular complexity index is 1320. The number of allylic oxidation sites excluding steroid dienone is 1. The molecule has 0 saturated carbocycles. The Balaban J connectivity index is 2.02. The summed E-state index contributed by atoms with van der Waals surface area (Å²) < 4.78 is 0. The zero-order chi connectivity index (χ0) is 34.7. The molecule has 0 heterocycles. The molecule has 0 saturated heterocycles. The van der Waals surface area contributed by atoms with Gasteiger partial charge >= 0.3 is 17.9 Å². The van der Waals surface area contributed by atoms with Crippen LogP contribution >= 0.6 is 0 Å². The molecule has 5 N–H and O–H groups in total. The van der Waals surface area contributed by atoms with Crippen molar-refractivity contribution in [2.24, 2.45) is 5.92 Å². The third-order valence-electron chi connectivity index (χ3n) is 8.17. The first kappa shape index (κ1) is 38.9. The summed E-state index contributed by atoms with van der Waals surface area (Å²) in [6, 6.07) is 15.1. The number of benzene rings is 2. The van der Waals surface area contributed by atoms with Gasteiger partial charge in [-0.15, -0.1) is 0 Å². The van der Waals surface area contributed by atoms with Crippen molar-refractivity contribution in [2.45, 2.75) is 108 Å². The van der Waals surface area contributed by atoms with Crippen molar-refractivity contribution in [1.82, 2.24) is 5.32 Å². The van der Waals surface area contributed by atoms with Gasteiger partial charge in [0, 0.05) is 19.3 Å². The quantitative estimate of drug-likeness (QED) is 0.0653. The molecule has 2 aromatic rings. The van der Waals surface area contributed by atoms with Crippen molar-refractivity contribution in [3.05, 3.63) is 72.3 Å². The van der Waals surface area contributed by atoms with E-state index in [-0.39, 0.29) is 12.2 Å². The standard InChI is InChI=1S/C37H49NO9/c1-2-3-4-5-6-7-13-18-30(39)19-14-8-9-15-20-31(37(47,36(45)46)26-33(40)41)34(42)38-32(35(43)44)25-27-21-23-29(24-22-27)28-16-11-10-12-17-28/h10-12,15-17,20-24,31-32,47H,2-9,13-14,18-19,25-26H2,1H3,(H,38,42)(H,40,41)(H,43,44)(H,45,46)/b20-15+/t31-,32+,37+/m1/s1. The van der Waals surface area contributed by atoms with E-state index in [1.807, 2.05) is 42.5 Å². The minimum Gasteiger partial charge on any atom is -0.481 e. The molecular weight excluding hydrogens is 602 g/mol. The predicted molar refractivity (Wildman–Crippen MR) is 179 cm³/mol. The van der Waals surface area contributed by atoms with Crippen molar-refractivity contribution < 1.29 is 44.4 Å². The molecule has 0 radical (unpaired) electrons. The summed E-state index contributed by atoms with van der Waals surface area (Å²) in [7, 11) is 0. The molecule has 10 heteroatoms. The normalized spacial score (nSPS) is 13.8. The highest BCUT2D eigenvalue weighted by molar-refractivity contribution is 5.94. The summed E-state index contributed by atoms with van der Waals surface area (Å²) in [4.78, 5) is 61.2. The zero-order valence-electron chi connectivity index (χ0n) is 27.2. The van der Waals surface area contributed by atoms with Crippen molar-refractivity contribution in [1.29, 1.82) is 0 Å². The average molecular weight is 652 g/mol. The van der Waals surface area contributed by atoms with Crippen molar-refractivity contribution in [2.75, 3.05) is 0 Å². The van der Waals surface area contributed by atoms with Crippen LogP contribution in [-0.2, 0) is 30.4 Å². The molecule has 0 aliphatic carbocycles. The van der Waals surface area contributed by atoms with E-state index < -0.39 is 47.8 Å². The van der Waals surface area contributed by atoms with Crippen LogP contribution in [0.3, 0.4) is 0 Å². The Kier molecular flexibility index (Phi) is 17.2. The fourth-order valence-corrected chi connectivity index (χ4v) is 5.39. The van der Waals surface area contributed by atoms with Crippen molar-refractivity contribution >= 4 is 29.6 Å². The van der Waals surface area contributed by atoms with E-state index in [1.165, 1.54) is 31.8 Å². The van der Waals surface area contributed by atoms with Gasteiger partial charge in [-0.2, -0.15) is 0 Å². The number of aliphatic hydroxyl groups is 1. The molecular formula is C37H49NO9. The first-order valence-electron chi connectivity index (χ1n) is 16.5. The number of hydrogen-bond donors (Lipinski definition) is 5. The van der Waals surface area contributed by atoms with Gasteiger partial charge in [-0.3, -0.25) is 14.4 Å². The smallest absolute Gasteiger partial charge is 0.337 e. The number of aliphatic carboxylic acids is 3. The van der Waals surface area contributed by atoms with E-state index in [9.17, 15) is 44.4 Å². The van der Waals surface area contributed by atoms with E-state index in [1.54, 1.807) is 12.1 Å². The number of carboxylic acid groups (broad SMARTS) is 3. The molecule has 0 aromatic heterocycles. The van der Waals surface area contributed by atoms with E-state index in [0.717, 1.165) is 36.5 Å². The lowest BCUT2D eigenvalue weighted by molar-refractivity contribution is -0.172. The number of unbranched alkanes of at least 4 members (excludes halogenated alkanes) is 8. The Morgan fingerprint density at radius 2 is 1.34 bits per heavy atom. The number of carbonyl (C=O) groups is 5. The fraction of sp³-hybridized carbons (Fsp3) is 0.486. The molecule has 10 nitrogen and oxygen atoms in total. The van der Waals surface area contributed by atoms with Crippen LogP contribution in [0.1, 0.15) is 96.0 Å². The van der Waals surface area contributed by atoms with Crippen molar-refractivity contribution in [3.8, 4) is 11.1 Å². The first-order chi connectivity index (χ1) is 22.5. The number of carbonyl (C=O) groups excluding carboxylic acids is 2. The molecule has 3 atom stereocenters. The molecule has 256 valence electrons. The number of carboxylic acids is 3. The van der Waals surface area contributed by atoms with Gasteiger partial charge < -0.3 is 25.7 Å². The maximum Gasteiger partial charge on any atom is 0.337 e. The Morgan fingerprint density at radius 1 is 0.766 bits per heavy atom. The summed E-state index contributed by atoms with van der Waals surface area (Å²) in [6.45, 7) is 2.17. The van der Waals surface area contributed by atoms with Gasteiger partial charge in [-0.05, 0) is 42.4 Å². The predicted octanol–water partition coefficient (Wildman–Crippen LogP) is 6.20. The molecule has 1 amide bonds. The van der Waals surface area contributed by atoms with Crippen LogP contribution in [0.15, 0.2) is 66.7 Å². The van der Waals surface area contributed by atoms with E-state index >= 15 is 0 Å². The molecule has 0 aliphatic heterocycles. The number of ketones is 1. The molecule has 2 rings (SSSR count). The van der Waals surface area contributed by atoms with Crippen LogP contribution in [0.4, 0.5) is 0 Å². The maximum absolute atomic E-state index is 13.3. The largest absolute Gasteiger partial charge is 0.481 e. The number of nitrogens with one attached hydrogen (secondary N) is 1. The maximum atomic E-state index is 13.3. The van der Waals surface area contributed by atoms with Crippen LogP contribution in [0.5, 0.6) is 0 Å². The van der Waals surface area contributed by atoms with Gasteiger partial charge in [0.25, 0.3) is 0 Å². The Hall–Kier alpha value is -4.31. The average Bonchev–Trinajstić information content (AvgIpc) is 3.03. The monoisotopic (exact) mass is 651 g/mol. The fourth-order valence-electron chi connectivity index (χ4n) is 5.39. The lowest BCUT2D eigenvalue weighted by Crippen LogP contribution is -2.55. The molecule has 0 spiro atoms. The second-order valence-electron chi connectivity index (χ2n) is 12.0. The number of amides is 1. The lowest BCUT2D eigenvalue weighted by Gasteiger charge is -2.29. The minimum absolute atomic E-state index is 0.135. The summed E-state index contributed by atoms with van der Waals surface area (Å²) in [5.74, 6) is -7.80. The Morgan fingerprint density at radius 3 is 1.91 bits per heavy atom. The highest BCUT2D eigenvalue weighted by Crippen LogP contribution is 2.26. The lowest BCUT2D eigenvalue weighted by atomic mass is 9.82. The van der Waals surface area contributed by atoms with Crippen LogP contribution in [0.25, 0.3) is 11.1 Å². The Labute approximate surface area is 276 Å². The van der Waals surface area contributed by atoms with Crippen LogP contribution in [-0.4, -0.2) is 61.7 Å². The molecule has 0 unspecified atom stereocenters. The van der Waals surface area contributed by atoms with E-state index in [4.69, 9.17) is 0 Å². The minimum atomic E-state index is -3.03. The second kappa shape index (κ2) is 20.7. The van der Waals surface area contributed by atoms with Crippen molar-refractivity contribution in [3.63, 3.8) is 0 Å². The molecule has 0 aliphatic rings. The second-order valence-corrected chi connectivity index (χ2v) is 12.0. The first-order valence-corrected chi connectivity index (χ1v) is 16.5. The van der Waals surface area contributed by atoms with Gasteiger partial charge in [0.1, 0.15) is 11.8 Å². The molecule has 0 fully saturated rings. The number of rotatable bonds is 24. The van der Waals surface area contributed by atoms with Gasteiger partial charge in [-0.25, -0.2) is 9.59 Å². The summed E-state index contributed by atoms with van der Waals surface area (Å²) >= 11 is 0. The SMILES string of the molecule is CCCCCCCCCC(=O)CCCC/C=C/[C@H](C(=O)N[C@@H](Cc1ccc(-c2ccccc2)cc1)C(=O)O)[C@@](O)(CC(=O)O)C(=O)O. The summed E-state index contributed by atoms with van der Waals surface area (Å²) in [5, 5.41) is 42.1. The van der Waals surface area contributed by atoms with Gasteiger partial charge in [0.15, 0.2) is 5.60 Å².